The Morgan fingerprint density at radius 1 is 1.05 bits per heavy atom. The largest absolute Gasteiger partial charge is 0.573 e. The van der Waals surface area contributed by atoms with Crippen LogP contribution >= 0.6 is 12.4 Å². The predicted molar refractivity (Wildman–Crippen MR) is 73.7 cm³/mol. The van der Waals surface area contributed by atoms with Crippen molar-refractivity contribution in [2.24, 2.45) is 5.73 Å². The summed E-state index contributed by atoms with van der Waals surface area (Å²) < 4.78 is 54.4. The minimum Gasteiger partial charge on any atom is -0.405 e. The molecule has 0 aliphatic heterocycles. The van der Waals surface area contributed by atoms with Gasteiger partial charge < -0.3 is 10.5 Å². The molecule has 2 aromatic carbocycles. The van der Waals surface area contributed by atoms with Crippen molar-refractivity contribution in [3.8, 4) is 16.9 Å². The van der Waals surface area contributed by atoms with Crippen LogP contribution in [0.2, 0.25) is 0 Å². The molecule has 0 aliphatic rings. The predicted octanol–water partition coefficient (Wildman–Crippen LogP) is 4.27. The summed E-state index contributed by atoms with van der Waals surface area (Å²) in [6.45, 7) is 0.0903. The zero-order valence-corrected chi connectivity index (χ0v) is 11.5. The minimum atomic E-state index is -4.81. The van der Waals surface area contributed by atoms with E-state index >= 15 is 0 Å². The van der Waals surface area contributed by atoms with E-state index in [9.17, 15) is 17.6 Å². The third-order valence-corrected chi connectivity index (χ3v) is 2.62. The monoisotopic (exact) mass is 321 g/mol. The van der Waals surface area contributed by atoms with Crippen LogP contribution in [0.5, 0.6) is 5.75 Å². The summed E-state index contributed by atoms with van der Waals surface area (Å²) in [7, 11) is 0. The lowest BCUT2D eigenvalue weighted by atomic mass is 10.0. The van der Waals surface area contributed by atoms with Crippen LogP contribution in [-0.2, 0) is 6.54 Å². The molecule has 7 heteroatoms. The number of para-hydroxylation sites is 1. The third-order valence-electron chi connectivity index (χ3n) is 2.62. The van der Waals surface area contributed by atoms with E-state index in [1.165, 1.54) is 30.3 Å². The summed E-state index contributed by atoms with van der Waals surface area (Å²) in [6, 6.07) is 9.46. The molecule has 0 saturated carbocycles. The van der Waals surface area contributed by atoms with Gasteiger partial charge in [0.15, 0.2) is 0 Å². The van der Waals surface area contributed by atoms with Crippen LogP contribution in [0.1, 0.15) is 5.56 Å². The SMILES string of the molecule is Cl.NCc1cc(F)cc(-c2ccccc2OC(F)(F)F)c1. The van der Waals surface area contributed by atoms with E-state index in [-0.39, 0.29) is 35.8 Å². The third kappa shape index (κ3) is 4.61. The van der Waals surface area contributed by atoms with E-state index in [1.807, 2.05) is 0 Å². The Labute approximate surface area is 124 Å². The average molecular weight is 322 g/mol. The first-order chi connectivity index (χ1) is 9.39. The first-order valence-corrected chi connectivity index (χ1v) is 5.74. The van der Waals surface area contributed by atoms with Crippen molar-refractivity contribution in [3.05, 3.63) is 53.8 Å². The highest BCUT2D eigenvalue weighted by Crippen LogP contribution is 2.34. The molecule has 0 fully saturated rings. The molecule has 0 atom stereocenters. The highest BCUT2D eigenvalue weighted by atomic mass is 35.5. The number of hydrogen-bond donors (Lipinski definition) is 1. The molecule has 0 aliphatic carbocycles. The molecular formula is C14H12ClF4NO. The Hall–Kier alpha value is -1.79. The van der Waals surface area contributed by atoms with Gasteiger partial charge >= 0.3 is 6.36 Å². The highest BCUT2D eigenvalue weighted by molar-refractivity contribution is 5.85. The summed E-state index contributed by atoms with van der Waals surface area (Å²) in [5, 5.41) is 0. The van der Waals surface area contributed by atoms with Gasteiger partial charge in [-0.05, 0) is 35.4 Å². The highest BCUT2D eigenvalue weighted by Gasteiger charge is 2.32. The second kappa shape index (κ2) is 6.78. The maximum atomic E-state index is 13.5. The lowest BCUT2D eigenvalue weighted by molar-refractivity contribution is -0.274. The van der Waals surface area contributed by atoms with Gasteiger partial charge in [-0.25, -0.2) is 4.39 Å². The van der Waals surface area contributed by atoms with Crippen molar-refractivity contribution in [1.29, 1.82) is 0 Å². The molecule has 2 nitrogen and oxygen atoms in total. The maximum Gasteiger partial charge on any atom is 0.573 e. The van der Waals surface area contributed by atoms with Gasteiger partial charge in [-0.1, -0.05) is 18.2 Å². The Kier molecular flexibility index (Phi) is 5.57. The Bertz CT molecular complexity index is 616. The average Bonchev–Trinajstić information content (AvgIpc) is 2.36. The molecule has 2 N–H and O–H groups in total. The fraction of sp³-hybridized carbons (Fsp3) is 0.143. The molecule has 2 aromatic rings. The van der Waals surface area contributed by atoms with Crippen LogP contribution in [0, 0.1) is 5.82 Å². The second-order valence-corrected chi connectivity index (χ2v) is 4.10. The van der Waals surface area contributed by atoms with Crippen molar-refractivity contribution in [3.63, 3.8) is 0 Å². The van der Waals surface area contributed by atoms with E-state index in [0.29, 0.717) is 5.56 Å². The zero-order chi connectivity index (χ0) is 14.8. The first-order valence-electron chi connectivity index (χ1n) is 5.74. The Morgan fingerprint density at radius 2 is 1.71 bits per heavy atom. The molecular weight excluding hydrogens is 310 g/mol. The van der Waals surface area contributed by atoms with E-state index in [2.05, 4.69) is 4.74 Å². The number of alkyl halides is 3. The minimum absolute atomic E-state index is 0. The number of halogens is 5. The van der Waals surface area contributed by atoms with E-state index in [0.717, 1.165) is 6.07 Å². The van der Waals surface area contributed by atoms with Crippen LogP contribution in [0.4, 0.5) is 17.6 Å². The van der Waals surface area contributed by atoms with Gasteiger partial charge in [0.1, 0.15) is 11.6 Å². The molecule has 0 unspecified atom stereocenters. The van der Waals surface area contributed by atoms with Crippen LogP contribution in [0.3, 0.4) is 0 Å². The van der Waals surface area contributed by atoms with Crippen molar-refractivity contribution < 1.29 is 22.3 Å². The molecule has 2 rings (SSSR count). The number of rotatable bonds is 3. The Balaban J connectivity index is 0.00000220. The van der Waals surface area contributed by atoms with Crippen molar-refractivity contribution in [1.82, 2.24) is 0 Å². The van der Waals surface area contributed by atoms with Gasteiger partial charge in [-0.15, -0.1) is 25.6 Å². The topological polar surface area (TPSA) is 35.2 Å². The second-order valence-electron chi connectivity index (χ2n) is 4.10. The molecule has 21 heavy (non-hydrogen) atoms. The van der Waals surface area contributed by atoms with Crippen LogP contribution < -0.4 is 10.5 Å². The van der Waals surface area contributed by atoms with Crippen molar-refractivity contribution in [2.75, 3.05) is 0 Å². The standard InChI is InChI=1S/C14H11F4NO.ClH/c15-11-6-9(8-19)5-10(7-11)12-3-1-2-4-13(12)20-14(16,17)18;/h1-7H,8,19H2;1H. The molecule has 0 heterocycles. The zero-order valence-electron chi connectivity index (χ0n) is 10.7. The summed E-state index contributed by atoms with van der Waals surface area (Å²) >= 11 is 0. The quantitative estimate of drug-likeness (QED) is 0.857. The number of ether oxygens (including phenoxy) is 1. The van der Waals surface area contributed by atoms with Gasteiger partial charge in [0.2, 0.25) is 0 Å². The molecule has 114 valence electrons. The molecule has 0 spiro atoms. The van der Waals surface area contributed by atoms with Gasteiger partial charge in [-0.2, -0.15) is 0 Å². The van der Waals surface area contributed by atoms with E-state index in [1.54, 1.807) is 6.07 Å². The number of benzene rings is 2. The summed E-state index contributed by atoms with van der Waals surface area (Å²) in [4.78, 5) is 0. The summed E-state index contributed by atoms with van der Waals surface area (Å²) in [5.74, 6) is -0.946. The summed E-state index contributed by atoms with van der Waals surface area (Å²) in [5.41, 5.74) is 6.35. The van der Waals surface area contributed by atoms with E-state index < -0.39 is 12.2 Å². The number of hydrogen-bond acceptors (Lipinski definition) is 2. The lowest BCUT2D eigenvalue weighted by Crippen LogP contribution is -2.17. The molecule has 0 saturated heterocycles. The molecule has 0 aromatic heterocycles. The van der Waals surface area contributed by atoms with Crippen LogP contribution in [-0.4, -0.2) is 6.36 Å². The molecule has 0 bridgehead atoms. The first kappa shape index (κ1) is 17.3. The van der Waals surface area contributed by atoms with Crippen LogP contribution in [0.15, 0.2) is 42.5 Å². The normalized spacial score (nSPS) is 10.9. The fourth-order valence-electron chi connectivity index (χ4n) is 1.84. The van der Waals surface area contributed by atoms with Crippen LogP contribution in [0.25, 0.3) is 11.1 Å². The lowest BCUT2D eigenvalue weighted by Gasteiger charge is -2.14. The smallest absolute Gasteiger partial charge is 0.405 e. The summed E-state index contributed by atoms with van der Waals surface area (Å²) in [6.07, 6.45) is -4.81. The van der Waals surface area contributed by atoms with Gasteiger partial charge in [0.05, 0.1) is 0 Å². The van der Waals surface area contributed by atoms with E-state index in [4.69, 9.17) is 5.73 Å². The number of nitrogens with two attached hydrogens (primary N) is 1. The van der Waals surface area contributed by atoms with Gasteiger partial charge in [-0.3, -0.25) is 0 Å². The van der Waals surface area contributed by atoms with Crippen molar-refractivity contribution in [2.45, 2.75) is 12.9 Å². The maximum absolute atomic E-state index is 13.5. The van der Waals surface area contributed by atoms with Gasteiger partial charge in [0.25, 0.3) is 0 Å². The molecule has 0 amide bonds. The van der Waals surface area contributed by atoms with Crippen molar-refractivity contribution >= 4 is 12.4 Å². The van der Waals surface area contributed by atoms with Gasteiger partial charge in [0, 0.05) is 12.1 Å². The molecule has 0 radical (unpaired) electrons. The Morgan fingerprint density at radius 3 is 2.33 bits per heavy atom. The fourth-order valence-corrected chi connectivity index (χ4v) is 1.84.